The molecule has 0 fully saturated rings. The van der Waals surface area contributed by atoms with Gasteiger partial charge in [-0.3, -0.25) is 0 Å². The molecule has 0 aliphatic heterocycles. The minimum absolute atomic E-state index is 0.115. The zero-order valence-electron chi connectivity index (χ0n) is 6.28. The van der Waals surface area contributed by atoms with Gasteiger partial charge in [0.15, 0.2) is 0 Å². The van der Waals surface area contributed by atoms with Crippen LogP contribution in [-0.4, -0.2) is 4.04 Å². The van der Waals surface area contributed by atoms with Gasteiger partial charge in [-0.2, -0.15) is 0 Å². The molecule has 0 N–H and O–H groups in total. The summed E-state index contributed by atoms with van der Waals surface area (Å²) in [5.41, 5.74) is 0.115. The molecule has 0 saturated carbocycles. The van der Waals surface area contributed by atoms with Gasteiger partial charge in [-0.15, -0.1) is 0 Å². The van der Waals surface area contributed by atoms with Crippen molar-refractivity contribution in [1.29, 1.82) is 0 Å². The fourth-order valence-electron chi connectivity index (χ4n) is 0.811. The van der Waals surface area contributed by atoms with Crippen LogP contribution in [0.3, 0.4) is 0 Å². The second kappa shape index (κ2) is 3.83. The molecule has 0 aliphatic carbocycles. The SMILES string of the molecule is F[C@@](Cl)(Br)[C@](F)(Br)c1ccccc1. The van der Waals surface area contributed by atoms with Gasteiger partial charge >= 0.3 is 0 Å². The highest BCUT2D eigenvalue weighted by molar-refractivity contribution is 9.13. The monoisotopic (exact) mass is 332 g/mol. The van der Waals surface area contributed by atoms with Crippen molar-refractivity contribution < 1.29 is 8.78 Å². The van der Waals surface area contributed by atoms with Crippen LogP contribution in [-0.2, 0) is 4.58 Å². The fraction of sp³-hybridized carbons (Fsp3) is 0.250. The van der Waals surface area contributed by atoms with Gasteiger partial charge in [-0.25, -0.2) is 8.78 Å². The molecular formula is C8H5Br2ClF2. The normalized spacial score (nSPS) is 20.4. The molecule has 1 aromatic carbocycles. The van der Waals surface area contributed by atoms with E-state index in [-0.39, 0.29) is 5.56 Å². The van der Waals surface area contributed by atoms with E-state index in [2.05, 4.69) is 31.9 Å². The van der Waals surface area contributed by atoms with Crippen molar-refractivity contribution in [3.63, 3.8) is 0 Å². The molecule has 1 rings (SSSR count). The number of hydrogen-bond donors (Lipinski definition) is 0. The number of benzene rings is 1. The predicted octanol–water partition coefficient (Wildman–Crippen LogP) is 4.46. The van der Waals surface area contributed by atoms with Crippen LogP contribution in [0.5, 0.6) is 0 Å². The second-order valence-electron chi connectivity index (χ2n) is 2.44. The van der Waals surface area contributed by atoms with Crippen molar-refractivity contribution in [2.75, 3.05) is 0 Å². The van der Waals surface area contributed by atoms with Crippen LogP contribution in [0.2, 0.25) is 0 Å². The van der Waals surface area contributed by atoms with Gasteiger partial charge in [0.05, 0.1) is 0 Å². The second-order valence-corrected chi connectivity index (χ2v) is 5.60. The van der Waals surface area contributed by atoms with Crippen molar-refractivity contribution in [3.05, 3.63) is 35.9 Å². The Balaban J connectivity index is 3.08. The molecule has 72 valence electrons. The van der Waals surface area contributed by atoms with Crippen LogP contribution in [0.1, 0.15) is 5.56 Å². The maximum absolute atomic E-state index is 13.7. The van der Waals surface area contributed by atoms with E-state index in [1.165, 1.54) is 12.1 Å². The zero-order valence-corrected chi connectivity index (χ0v) is 10.2. The molecule has 0 saturated heterocycles. The van der Waals surface area contributed by atoms with Gasteiger partial charge in [-0.05, 0) is 31.9 Å². The lowest BCUT2D eigenvalue weighted by Gasteiger charge is -2.25. The van der Waals surface area contributed by atoms with Gasteiger partial charge < -0.3 is 0 Å². The molecular weight excluding hydrogens is 329 g/mol. The van der Waals surface area contributed by atoms with E-state index < -0.39 is 8.62 Å². The highest BCUT2D eigenvalue weighted by Gasteiger charge is 2.50. The Morgan fingerprint density at radius 3 is 1.92 bits per heavy atom. The van der Waals surface area contributed by atoms with Crippen LogP contribution in [0.25, 0.3) is 0 Å². The average molecular weight is 334 g/mol. The van der Waals surface area contributed by atoms with Gasteiger partial charge in [0, 0.05) is 5.56 Å². The molecule has 0 bridgehead atoms. The Morgan fingerprint density at radius 1 is 1.08 bits per heavy atom. The summed E-state index contributed by atoms with van der Waals surface area (Å²) in [4.78, 5) is 0. The summed E-state index contributed by atoms with van der Waals surface area (Å²) in [5, 5.41) is 0. The first kappa shape index (κ1) is 11.4. The fourth-order valence-corrected chi connectivity index (χ4v) is 1.41. The summed E-state index contributed by atoms with van der Waals surface area (Å²) >= 11 is 10.2. The molecule has 0 spiro atoms. The molecule has 0 nitrogen and oxygen atoms in total. The Hall–Kier alpha value is 0.330. The average Bonchev–Trinajstić information content (AvgIpc) is 2.04. The lowest BCUT2D eigenvalue weighted by molar-refractivity contribution is 0.183. The van der Waals surface area contributed by atoms with Crippen LogP contribution in [0, 0.1) is 0 Å². The topological polar surface area (TPSA) is 0 Å². The molecule has 0 amide bonds. The largest absolute Gasteiger partial charge is 0.285 e. The molecule has 1 aromatic rings. The number of rotatable bonds is 2. The van der Waals surface area contributed by atoms with Gasteiger partial charge in [-0.1, -0.05) is 41.9 Å². The lowest BCUT2D eigenvalue weighted by Crippen LogP contribution is -2.29. The molecule has 13 heavy (non-hydrogen) atoms. The Bertz CT molecular complexity index is 282. The molecule has 5 heteroatoms. The lowest BCUT2D eigenvalue weighted by atomic mass is 10.1. The zero-order chi connectivity index (χ0) is 10.1. The minimum Gasteiger partial charge on any atom is -0.220 e. The van der Waals surface area contributed by atoms with E-state index >= 15 is 0 Å². The number of halogens is 5. The number of hydrogen-bond acceptors (Lipinski definition) is 0. The van der Waals surface area contributed by atoms with E-state index in [1.807, 2.05) is 0 Å². The van der Waals surface area contributed by atoms with Gasteiger partial charge in [0.25, 0.3) is 4.04 Å². The van der Waals surface area contributed by atoms with E-state index in [0.717, 1.165) is 0 Å². The third-order valence-corrected chi connectivity index (χ3v) is 4.06. The Morgan fingerprint density at radius 2 is 1.54 bits per heavy atom. The summed E-state index contributed by atoms with van der Waals surface area (Å²) in [5.74, 6) is 0. The van der Waals surface area contributed by atoms with Crippen molar-refractivity contribution in [3.8, 4) is 0 Å². The molecule has 0 unspecified atom stereocenters. The molecule has 0 heterocycles. The summed E-state index contributed by atoms with van der Waals surface area (Å²) < 4.78 is 21.7. The summed E-state index contributed by atoms with van der Waals surface area (Å²) in [7, 11) is 0. The smallest absolute Gasteiger partial charge is 0.220 e. The Labute approximate surface area is 96.5 Å². The maximum Gasteiger partial charge on any atom is 0.285 e. The van der Waals surface area contributed by atoms with Crippen molar-refractivity contribution in [1.82, 2.24) is 0 Å². The van der Waals surface area contributed by atoms with Crippen molar-refractivity contribution in [2.45, 2.75) is 8.62 Å². The summed E-state index contributed by atoms with van der Waals surface area (Å²) in [6, 6.07) is 7.77. The van der Waals surface area contributed by atoms with Crippen molar-refractivity contribution >= 4 is 43.5 Å². The van der Waals surface area contributed by atoms with Gasteiger partial charge in [0.1, 0.15) is 0 Å². The molecule has 2 atom stereocenters. The van der Waals surface area contributed by atoms with Crippen LogP contribution in [0.4, 0.5) is 8.78 Å². The first-order valence-electron chi connectivity index (χ1n) is 3.36. The van der Waals surface area contributed by atoms with E-state index in [9.17, 15) is 8.78 Å². The third kappa shape index (κ3) is 2.42. The molecule has 0 aromatic heterocycles. The highest BCUT2D eigenvalue weighted by atomic mass is 79.9. The van der Waals surface area contributed by atoms with E-state index in [4.69, 9.17) is 11.6 Å². The predicted molar refractivity (Wildman–Crippen MR) is 56.8 cm³/mol. The quantitative estimate of drug-likeness (QED) is 0.701. The van der Waals surface area contributed by atoms with Crippen LogP contribution >= 0.6 is 43.5 Å². The minimum atomic E-state index is -2.67. The van der Waals surface area contributed by atoms with E-state index in [0.29, 0.717) is 0 Å². The van der Waals surface area contributed by atoms with Crippen LogP contribution in [0.15, 0.2) is 30.3 Å². The standard InChI is InChI=1S/C8H5Br2ClF2/c9-7(12,8(10,11)13)6-4-2-1-3-5-6/h1-5H/t7-,8+/m0/s1. The first-order chi connectivity index (χ1) is 5.86. The first-order valence-corrected chi connectivity index (χ1v) is 5.32. The number of alkyl halides is 5. The van der Waals surface area contributed by atoms with E-state index in [1.54, 1.807) is 18.2 Å². The third-order valence-electron chi connectivity index (χ3n) is 1.49. The summed E-state index contributed by atoms with van der Waals surface area (Å²) in [6.45, 7) is 0. The highest BCUT2D eigenvalue weighted by Crippen LogP contribution is 2.51. The summed E-state index contributed by atoms with van der Waals surface area (Å²) in [6.07, 6.45) is 0. The van der Waals surface area contributed by atoms with Gasteiger partial charge in [0.2, 0.25) is 4.58 Å². The van der Waals surface area contributed by atoms with Crippen LogP contribution < -0.4 is 0 Å². The molecule has 0 aliphatic rings. The maximum atomic E-state index is 13.7. The Kier molecular flexibility index (Phi) is 3.36. The molecule has 0 radical (unpaired) electrons. The van der Waals surface area contributed by atoms with Crippen molar-refractivity contribution in [2.24, 2.45) is 0 Å².